The third-order valence-electron chi connectivity index (χ3n) is 4.57. The van der Waals surface area contributed by atoms with E-state index in [0.29, 0.717) is 19.4 Å². The first-order valence-electron chi connectivity index (χ1n) is 11.0. The lowest BCUT2D eigenvalue weighted by atomic mass is 10.0. The van der Waals surface area contributed by atoms with E-state index in [1.54, 1.807) is 6.92 Å². The molecule has 0 fully saturated rings. The normalized spacial score (nSPS) is 12.6. The molecule has 1 N–H and O–H groups in total. The van der Waals surface area contributed by atoms with Crippen molar-refractivity contribution in [2.45, 2.75) is 84.7 Å². The van der Waals surface area contributed by atoms with Crippen LogP contribution < -0.4 is 5.32 Å². The van der Waals surface area contributed by atoms with Gasteiger partial charge in [0.15, 0.2) is 6.10 Å². The van der Waals surface area contributed by atoms with E-state index in [0.717, 1.165) is 45.1 Å². The zero-order chi connectivity index (χ0) is 22.6. The third kappa shape index (κ3) is 16.9. The summed E-state index contributed by atoms with van der Waals surface area (Å²) >= 11 is 0. The molecule has 0 amide bonds. The van der Waals surface area contributed by atoms with Crippen LogP contribution in [0.15, 0.2) is 0 Å². The van der Waals surface area contributed by atoms with Crippen molar-refractivity contribution in [1.82, 2.24) is 5.32 Å². The van der Waals surface area contributed by atoms with E-state index in [2.05, 4.69) is 17.0 Å². The topological polar surface area (TPSA) is 108 Å². The van der Waals surface area contributed by atoms with Gasteiger partial charge >= 0.3 is 11.9 Å². The fourth-order valence-electron chi connectivity index (χ4n) is 2.77. The summed E-state index contributed by atoms with van der Waals surface area (Å²) in [6.07, 6.45) is 6.38. The van der Waals surface area contributed by atoms with E-state index in [1.165, 1.54) is 0 Å². The summed E-state index contributed by atoms with van der Waals surface area (Å²) in [7, 11) is 0. The Morgan fingerprint density at radius 2 is 1.67 bits per heavy atom. The largest absolute Gasteiger partial charge is 0.464 e. The predicted molar refractivity (Wildman–Crippen MR) is 113 cm³/mol. The first-order valence-corrected chi connectivity index (χ1v) is 11.0. The molecule has 0 radical (unpaired) electrons. The fourth-order valence-corrected chi connectivity index (χ4v) is 2.77. The Bertz CT molecular complexity index is 496. The summed E-state index contributed by atoms with van der Waals surface area (Å²) in [6.45, 7) is 6.84. The van der Waals surface area contributed by atoms with Crippen molar-refractivity contribution in [3.63, 3.8) is 0 Å². The molecule has 30 heavy (non-hydrogen) atoms. The van der Waals surface area contributed by atoms with Gasteiger partial charge in [-0.25, -0.2) is 0 Å². The number of ether oxygens (including phenoxy) is 3. The highest BCUT2D eigenvalue weighted by molar-refractivity contribution is 5.75. The monoisotopic (exact) mass is 429 g/mol. The van der Waals surface area contributed by atoms with E-state index in [9.17, 15) is 19.2 Å². The molecule has 0 aromatic carbocycles. The van der Waals surface area contributed by atoms with Gasteiger partial charge in [0.2, 0.25) is 0 Å². The summed E-state index contributed by atoms with van der Waals surface area (Å²) in [5, 5.41) is 3.16. The van der Waals surface area contributed by atoms with Crippen LogP contribution in [0.1, 0.15) is 78.6 Å². The molecule has 174 valence electrons. The van der Waals surface area contributed by atoms with Crippen LogP contribution in [-0.4, -0.2) is 56.6 Å². The van der Waals surface area contributed by atoms with Crippen LogP contribution in [0.4, 0.5) is 0 Å². The maximum Gasteiger partial charge on any atom is 0.308 e. The van der Waals surface area contributed by atoms with Gasteiger partial charge < -0.3 is 24.3 Å². The molecule has 0 aliphatic rings. The number of hydrogen-bond donors (Lipinski definition) is 1. The fraction of sp³-hybridized carbons (Fsp3) is 0.818. The van der Waals surface area contributed by atoms with Crippen LogP contribution in [0.2, 0.25) is 0 Å². The smallest absolute Gasteiger partial charge is 0.308 e. The average molecular weight is 430 g/mol. The van der Waals surface area contributed by atoms with Gasteiger partial charge in [0.25, 0.3) is 6.47 Å². The van der Waals surface area contributed by atoms with Gasteiger partial charge in [0.1, 0.15) is 19.0 Å². The Balaban J connectivity index is 4.12. The molecule has 2 atom stereocenters. The Morgan fingerprint density at radius 3 is 2.30 bits per heavy atom. The average Bonchev–Trinajstić information content (AvgIpc) is 2.71. The minimum Gasteiger partial charge on any atom is -0.464 e. The van der Waals surface area contributed by atoms with Crippen LogP contribution in [0.3, 0.4) is 0 Å². The number of esters is 2. The predicted octanol–water partition coefficient (Wildman–Crippen LogP) is 2.96. The number of ketones is 1. The zero-order valence-electron chi connectivity index (χ0n) is 18.8. The zero-order valence-corrected chi connectivity index (χ0v) is 18.8. The molecular formula is C22H39NO7. The van der Waals surface area contributed by atoms with Gasteiger partial charge in [0, 0.05) is 12.8 Å². The van der Waals surface area contributed by atoms with Crippen molar-refractivity contribution in [3.05, 3.63) is 0 Å². The quantitative estimate of drug-likeness (QED) is 0.136. The van der Waals surface area contributed by atoms with Crippen LogP contribution in [0.25, 0.3) is 0 Å². The summed E-state index contributed by atoms with van der Waals surface area (Å²) in [4.78, 5) is 45.4. The molecule has 0 spiro atoms. The SMILES string of the molecule is CCCCCCC(C)C(=O)OCC(COC=O)OC(=O)CCCNCCCC(C)=O. The molecule has 2 unspecified atom stereocenters. The van der Waals surface area contributed by atoms with Crippen LogP contribution in [0, 0.1) is 5.92 Å². The summed E-state index contributed by atoms with van der Waals surface area (Å²) < 4.78 is 15.2. The maximum atomic E-state index is 12.1. The Kier molecular flexibility index (Phi) is 17.8. The minimum atomic E-state index is -0.817. The number of Topliss-reactive ketones (excluding diaryl/α,β-unsaturated/α-hetero) is 1. The van der Waals surface area contributed by atoms with Crippen molar-refractivity contribution >= 4 is 24.2 Å². The molecule has 0 aliphatic heterocycles. The van der Waals surface area contributed by atoms with Gasteiger partial charge in [-0.3, -0.25) is 14.4 Å². The van der Waals surface area contributed by atoms with Crippen molar-refractivity contribution in [2.75, 3.05) is 26.3 Å². The second-order valence-electron chi connectivity index (χ2n) is 7.58. The third-order valence-corrected chi connectivity index (χ3v) is 4.57. The molecule has 0 rings (SSSR count). The second kappa shape index (κ2) is 19.0. The molecular weight excluding hydrogens is 390 g/mol. The van der Waals surface area contributed by atoms with Gasteiger partial charge in [0.05, 0.1) is 5.92 Å². The Labute approximate surface area is 180 Å². The van der Waals surface area contributed by atoms with Crippen LogP contribution in [-0.2, 0) is 33.4 Å². The molecule has 0 aromatic heterocycles. The number of nitrogens with one attached hydrogen (secondary N) is 1. The highest BCUT2D eigenvalue weighted by Crippen LogP contribution is 2.12. The van der Waals surface area contributed by atoms with Gasteiger partial charge in [-0.2, -0.15) is 0 Å². The molecule has 0 bridgehead atoms. The van der Waals surface area contributed by atoms with Gasteiger partial charge in [-0.1, -0.05) is 39.5 Å². The van der Waals surface area contributed by atoms with E-state index < -0.39 is 12.1 Å². The van der Waals surface area contributed by atoms with Crippen LogP contribution >= 0.6 is 0 Å². The number of hydrogen-bond acceptors (Lipinski definition) is 8. The van der Waals surface area contributed by atoms with E-state index in [-0.39, 0.29) is 43.8 Å². The van der Waals surface area contributed by atoms with E-state index in [4.69, 9.17) is 9.47 Å². The number of unbranched alkanes of at least 4 members (excludes halogenated alkanes) is 3. The number of carbonyl (C=O) groups is 4. The molecule has 0 aliphatic carbocycles. The molecule has 0 saturated carbocycles. The first kappa shape index (κ1) is 28.0. The van der Waals surface area contributed by atoms with Gasteiger partial charge in [-0.15, -0.1) is 0 Å². The lowest BCUT2D eigenvalue weighted by Gasteiger charge is -2.18. The molecule has 0 saturated heterocycles. The number of carbonyl (C=O) groups excluding carboxylic acids is 4. The van der Waals surface area contributed by atoms with E-state index >= 15 is 0 Å². The molecule has 8 nitrogen and oxygen atoms in total. The molecule has 8 heteroatoms. The maximum absolute atomic E-state index is 12.1. The van der Waals surface area contributed by atoms with Crippen LogP contribution in [0.5, 0.6) is 0 Å². The summed E-state index contributed by atoms with van der Waals surface area (Å²) in [6, 6.07) is 0. The Hall–Kier alpha value is -1.96. The first-order chi connectivity index (χ1) is 14.4. The van der Waals surface area contributed by atoms with Gasteiger partial charge in [-0.05, 0) is 39.3 Å². The molecule has 0 heterocycles. The highest BCUT2D eigenvalue weighted by atomic mass is 16.6. The Morgan fingerprint density at radius 1 is 0.967 bits per heavy atom. The lowest BCUT2D eigenvalue weighted by Crippen LogP contribution is -2.31. The molecule has 0 aromatic rings. The van der Waals surface area contributed by atoms with Crippen molar-refractivity contribution in [3.8, 4) is 0 Å². The highest BCUT2D eigenvalue weighted by Gasteiger charge is 2.20. The van der Waals surface area contributed by atoms with E-state index in [1.807, 2.05) is 6.92 Å². The van der Waals surface area contributed by atoms with Crippen molar-refractivity contribution < 1.29 is 33.4 Å². The van der Waals surface area contributed by atoms with Crippen molar-refractivity contribution in [2.24, 2.45) is 5.92 Å². The van der Waals surface area contributed by atoms with Crippen molar-refractivity contribution in [1.29, 1.82) is 0 Å². The minimum absolute atomic E-state index is 0.138. The second-order valence-corrected chi connectivity index (χ2v) is 7.58. The number of rotatable bonds is 20. The standard InChI is InChI=1S/C22H39NO7/c1-4-5-6-7-10-18(2)22(27)29-16-20(15-28-17-24)30-21(26)12-9-14-23-13-8-11-19(3)25/h17-18,20,23H,4-16H2,1-3H3. The summed E-state index contributed by atoms with van der Waals surface area (Å²) in [5.74, 6) is -0.841. The summed E-state index contributed by atoms with van der Waals surface area (Å²) in [5.41, 5.74) is 0. The lowest BCUT2D eigenvalue weighted by molar-refractivity contribution is -0.165.